The zero-order valence-electron chi connectivity index (χ0n) is 21.1. The molecule has 2 aromatic carbocycles. The molecule has 1 aromatic heterocycles. The molecule has 1 aliphatic rings. The number of nitrogens with zero attached hydrogens (tertiary/aromatic N) is 3. The van der Waals surface area contributed by atoms with Crippen molar-refractivity contribution in [3.8, 4) is 23.1 Å². The number of hydrogen-bond acceptors (Lipinski definition) is 9. The van der Waals surface area contributed by atoms with Gasteiger partial charge in [-0.05, 0) is 54.5 Å². The molecule has 0 N–H and O–H groups in total. The fourth-order valence-corrected chi connectivity index (χ4v) is 3.94. The SMILES string of the molecule is CC(=O)OC[C@H]1O[C@@H](n2nnc(-c3ccc(F)cc3)c2C#Cc2ccc(F)cc2)[C@H](OC(C)=O)[C@@H]1OC(C)=O. The molecule has 4 atom stereocenters. The third-order valence-electron chi connectivity index (χ3n) is 5.56. The first-order valence-electron chi connectivity index (χ1n) is 11.7. The standard InChI is InChI=1S/C27H23F2N3O7/c1-15(33)36-14-23-25(37-16(2)34)26(38-17(3)35)27(39-23)32-22(13-6-18-4-9-20(28)10-5-18)24(30-31-32)19-7-11-21(29)12-8-19/h4-5,7-12,23,25-27H,14H2,1-3H3/t23-,25-,26-,27-/m1/s1. The van der Waals surface area contributed by atoms with Crippen molar-refractivity contribution in [2.75, 3.05) is 6.61 Å². The van der Waals surface area contributed by atoms with E-state index in [0.29, 0.717) is 11.1 Å². The number of ether oxygens (including phenoxy) is 4. The van der Waals surface area contributed by atoms with Crippen LogP contribution in [0.15, 0.2) is 48.5 Å². The highest BCUT2D eigenvalue weighted by molar-refractivity contribution is 5.68. The van der Waals surface area contributed by atoms with Gasteiger partial charge in [0.1, 0.15) is 35.7 Å². The Bertz CT molecular complexity index is 1430. The van der Waals surface area contributed by atoms with E-state index >= 15 is 0 Å². The quantitative estimate of drug-likeness (QED) is 0.265. The number of carbonyl (C=O) groups is 3. The Balaban J connectivity index is 1.82. The fourth-order valence-electron chi connectivity index (χ4n) is 3.94. The van der Waals surface area contributed by atoms with E-state index in [4.69, 9.17) is 18.9 Å². The van der Waals surface area contributed by atoms with Crippen molar-refractivity contribution in [1.29, 1.82) is 0 Å². The van der Waals surface area contributed by atoms with Crippen LogP contribution in [0.2, 0.25) is 0 Å². The van der Waals surface area contributed by atoms with Crippen LogP contribution >= 0.6 is 0 Å². The molecule has 1 saturated heterocycles. The van der Waals surface area contributed by atoms with Gasteiger partial charge in [0.05, 0.1) is 0 Å². The second-order valence-electron chi connectivity index (χ2n) is 8.51. The van der Waals surface area contributed by atoms with E-state index in [9.17, 15) is 23.2 Å². The lowest BCUT2D eigenvalue weighted by atomic mass is 10.1. The number of rotatable bonds is 6. The van der Waals surface area contributed by atoms with Crippen molar-refractivity contribution < 1.29 is 42.1 Å². The Morgan fingerprint density at radius 2 is 1.46 bits per heavy atom. The number of aromatic nitrogens is 3. The lowest BCUT2D eigenvalue weighted by molar-refractivity contribution is -0.166. The van der Waals surface area contributed by atoms with Crippen LogP contribution in [0, 0.1) is 23.5 Å². The van der Waals surface area contributed by atoms with Gasteiger partial charge in [-0.3, -0.25) is 14.4 Å². The molecule has 10 nitrogen and oxygen atoms in total. The largest absolute Gasteiger partial charge is 0.463 e. The molecule has 0 spiro atoms. The average molecular weight is 539 g/mol. The predicted octanol–water partition coefficient (Wildman–Crippen LogP) is 2.95. The summed E-state index contributed by atoms with van der Waals surface area (Å²) in [6, 6.07) is 10.9. The molecule has 12 heteroatoms. The maximum Gasteiger partial charge on any atom is 0.303 e. The van der Waals surface area contributed by atoms with Gasteiger partial charge >= 0.3 is 17.9 Å². The second-order valence-corrected chi connectivity index (χ2v) is 8.51. The summed E-state index contributed by atoms with van der Waals surface area (Å²) in [6.07, 6.45) is -4.62. The second kappa shape index (κ2) is 11.8. The lowest BCUT2D eigenvalue weighted by Gasteiger charge is -2.23. The zero-order chi connectivity index (χ0) is 28.1. The predicted molar refractivity (Wildman–Crippen MR) is 129 cm³/mol. The Kier molecular flexibility index (Phi) is 8.31. The minimum atomic E-state index is -1.22. The van der Waals surface area contributed by atoms with E-state index in [0.717, 1.165) is 0 Å². The number of halogens is 2. The topological polar surface area (TPSA) is 119 Å². The summed E-state index contributed by atoms with van der Waals surface area (Å²) in [6.45, 7) is 3.23. The Labute approximate surface area is 221 Å². The summed E-state index contributed by atoms with van der Waals surface area (Å²) in [4.78, 5) is 35.4. The smallest absolute Gasteiger partial charge is 0.303 e. The van der Waals surface area contributed by atoms with Crippen LogP contribution in [0.3, 0.4) is 0 Å². The van der Waals surface area contributed by atoms with Gasteiger partial charge in [0.2, 0.25) is 0 Å². The van der Waals surface area contributed by atoms with Gasteiger partial charge in [0.25, 0.3) is 0 Å². The summed E-state index contributed by atoms with van der Waals surface area (Å²) in [7, 11) is 0. The lowest BCUT2D eigenvalue weighted by Crippen LogP contribution is -2.40. The number of benzene rings is 2. The van der Waals surface area contributed by atoms with Crippen LogP contribution in [0.4, 0.5) is 8.78 Å². The first kappa shape index (κ1) is 27.4. The summed E-state index contributed by atoms with van der Waals surface area (Å²) in [5.74, 6) is 2.97. The molecule has 4 rings (SSSR count). The van der Waals surface area contributed by atoms with Crippen molar-refractivity contribution in [3.05, 3.63) is 71.4 Å². The molecule has 0 amide bonds. The van der Waals surface area contributed by atoms with Crippen LogP contribution in [0.5, 0.6) is 0 Å². The number of esters is 3. The molecule has 0 bridgehead atoms. The van der Waals surface area contributed by atoms with Crippen LogP contribution in [-0.4, -0.2) is 57.8 Å². The molecule has 1 fully saturated rings. The Hall–Kier alpha value is -4.63. The molecular weight excluding hydrogens is 516 g/mol. The summed E-state index contributed by atoms with van der Waals surface area (Å²) < 4.78 is 50.2. The number of carbonyl (C=O) groups excluding carboxylic acids is 3. The highest BCUT2D eigenvalue weighted by atomic mass is 19.1. The third-order valence-corrected chi connectivity index (χ3v) is 5.56. The van der Waals surface area contributed by atoms with Crippen LogP contribution < -0.4 is 0 Å². The van der Waals surface area contributed by atoms with Gasteiger partial charge in [-0.15, -0.1) is 5.10 Å². The maximum absolute atomic E-state index is 13.6. The Morgan fingerprint density at radius 3 is 2.05 bits per heavy atom. The molecular formula is C27H23F2N3O7. The van der Waals surface area contributed by atoms with E-state index in [1.165, 1.54) is 74.0 Å². The normalized spacial score (nSPS) is 20.0. The fraction of sp³-hybridized carbons (Fsp3) is 0.296. The monoisotopic (exact) mass is 539 g/mol. The summed E-state index contributed by atoms with van der Waals surface area (Å²) in [5, 5.41) is 8.37. The molecule has 0 aliphatic carbocycles. The number of hydrogen-bond donors (Lipinski definition) is 0. The van der Waals surface area contributed by atoms with Crippen molar-refractivity contribution in [3.63, 3.8) is 0 Å². The van der Waals surface area contributed by atoms with Crippen molar-refractivity contribution in [2.45, 2.75) is 45.3 Å². The molecule has 0 saturated carbocycles. The Morgan fingerprint density at radius 1 is 0.872 bits per heavy atom. The van der Waals surface area contributed by atoms with Gasteiger partial charge in [0.15, 0.2) is 18.4 Å². The van der Waals surface area contributed by atoms with Gasteiger partial charge in [-0.2, -0.15) is 0 Å². The van der Waals surface area contributed by atoms with E-state index in [1.807, 2.05) is 0 Å². The zero-order valence-corrected chi connectivity index (χ0v) is 21.1. The first-order valence-corrected chi connectivity index (χ1v) is 11.7. The minimum absolute atomic E-state index is 0.183. The van der Waals surface area contributed by atoms with Gasteiger partial charge < -0.3 is 18.9 Å². The maximum atomic E-state index is 13.6. The molecule has 3 aromatic rings. The van der Waals surface area contributed by atoms with Gasteiger partial charge in [-0.25, -0.2) is 13.5 Å². The van der Waals surface area contributed by atoms with Crippen LogP contribution in [0.1, 0.15) is 38.3 Å². The van der Waals surface area contributed by atoms with E-state index in [-0.39, 0.29) is 18.0 Å². The summed E-state index contributed by atoms with van der Waals surface area (Å²) in [5.41, 5.74) is 1.38. The average Bonchev–Trinajstić information content (AvgIpc) is 3.43. The van der Waals surface area contributed by atoms with Crippen molar-refractivity contribution in [2.24, 2.45) is 0 Å². The molecule has 0 radical (unpaired) electrons. The summed E-state index contributed by atoms with van der Waals surface area (Å²) >= 11 is 0. The molecule has 1 aliphatic heterocycles. The molecule has 39 heavy (non-hydrogen) atoms. The van der Waals surface area contributed by atoms with Crippen molar-refractivity contribution in [1.82, 2.24) is 15.0 Å². The van der Waals surface area contributed by atoms with Crippen LogP contribution in [-0.2, 0) is 33.3 Å². The van der Waals surface area contributed by atoms with Crippen LogP contribution in [0.25, 0.3) is 11.3 Å². The van der Waals surface area contributed by atoms with Crippen molar-refractivity contribution >= 4 is 17.9 Å². The van der Waals surface area contributed by atoms with Gasteiger partial charge in [0, 0.05) is 31.9 Å². The minimum Gasteiger partial charge on any atom is -0.463 e. The van der Waals surface area contributed by atoms with Gasteiger partial charge in [-0.1, -0.05) is 11.1 Å². The van der Waals surface area contributed by atoms with E-state index in [1.54, 1.807) is 0 Å². The molecule has 202 valence electrons. The van der Waals surface area contributed by atoms with E-state index in [2.05, 4.69) is 22.2 Å². The highest BCUT2D eigenvalue weighted by Crippen LogP contribution is 2.36. The first-order chi connectivity index (χ1) is 18.6. The molecule has 2 heterocycles. The third kappa shape index (κ3) is 6.63. The highest BCUT2D eigenvalue weighted by Gasteiger charge is 2.51. The molecule has 0 unspecified atom stereocenters. The van der Waals surface area contributed by atoms with E-state index < -0.39 is 54.1 Å².